The summed E-state index contributed by atoms with van der Waals surface area (Å²) in [7, 11) is 0. The van der Waals surface area contributed by atoms with Crippen molar-refractivity contribution in [2.24, 2.45) is 5.41 Å². The van der Waals surface area contributed by atoms with Crippen LogP contribution in [-0.4, -0.2) is 42.9 Å². The van der Waals surface area contributed by atoms with Crippen LogP contribution in [0.25, 0.3) is 0 Å². The summed E-state index contributed by atoms with van der Waals surface area (Å²) in [4.78, 5) is 26.1. The predicted octanol–water partition coefficient (Wildman–Crippen LogP) is 2.72. The molecule has 0 aliphatic heterocycles. The number of nitrogens with zero attached hydrogens (tertiary/aromatic N) is 1. The Kier molecular flexibility index (Phi) is 8.69. The highest BCUT2D eigenvalue weighted by atomic mass is 16.3. The Morgan fingerprint density at radius 2 is 1.88 bits per heavy atom. The first-order valence-electron chi connectivity index (χ1n) is 9.12. The fourth-order valence-corrected chi connectivity index (χ4v) is 2.57. The molecule has 0 fully saturated rings. The lowest BCUT2D eigenvalue weighted by Crippen LogP contribution is -2.38. The monoisotopic (exact) mass is 351 g/mol. The molecule has 1 rings (SSSR count). The molecule has 6 nitrogen and oxygen atoms in total. The van der Waals surface area contributed by atoms with E-state index in [2.05, 4.69) is 29.4 Å². The van der Waals surface area contributed by atoms with Crippen LogP contribution in [0.2, 0.25) is 0 Å². The molecule has 0 aromatic carbocycles. The Balaban J connectivity index is 2.39. The minimum Gasteiger partial charge on any atom is -0.468 e. The summed E-state index contributed by atoms with van der Waals surface area (Å²) in [6, 6.07) is 3.84. The summed E-state index contributed by atoms with van der Waals surface area (Å²) in [6.45, 7) is 12.6. The topological polar surface area (TPSA) is 74.6 Å². The maximum absolute atomic E-state index is 12.1. The Bertz CT molecular complexity index is 517. The summed E-state index contributed by atoms with van der Waals surface area (Å²) >= 11 is 0. The number of hydrogen-bond acceptors (Lipinski definition) is 4. The molecule has 0 aliphatic rings. The summed E-state index contributed by atoms with van der Waals surface area (Å²) in [5.74, 6) is 0.863. The van der Waals surface area contributed by atoms with E-state index in [0.29, 0.717) is 25.9 Å². The number of hydrogen-bond donors (Lipinski definition) is 2. The average Bonchev–Trinajstić information content (AvgIpc) is 3.08. The summed E-state index contributed by atoms with van der Waals surface area (Å²) in [6.07, 6.45) is 2.68. The molecular formula is C19H33N3O3. The fourth-order valence-electron chi connectivity index (χ4n) is 2.57. The maximum Gasteiger partial charge on any atom is 0.225 e. The van der Waals surface area contributed by atoms with E-state index in [4.69, 9.17) is 4.42 Å². The first-order chi connectivity index (χ1) is 11.8. The number of carbonyl (C=O) groups is 2. The summed E-state index contributed by atoms with van der Waals surface area (Å²) in [5, 5.41) is 5.84. The molecule has 2 amide bonds. The van der Waals surface area contributed by atoms with Crippen molar-refractivity contribution < 1.29 is 14.0 Å². The lowest BCUT2D eigenvalue weighted by molar-refractivity contribution is -0.128. The third kappa shape index (κ3) is 7.30. The first kappa shape index (κ1) is 21.2. The third-order valence-electron chi connectivity index (χ3n) is 4.16. The molecule has 142 valence electrons. The van der Waals surface area contributed by atoms with E-state index in [1.165, 1.54) is 0 Å². The van der Waals surface area contributed by atoms with E-state index < -0.39 is 5.41 Å². The van der Waals surface area contributed by atoms with Crippen LogP contribution >= 0.6 is 0 Å². The number of rotatable bonds is 10. The molecule has 6 heteroatoms. The Morgan fingerprint density at radius 3 is 2.40 bits per heavy atom. The SMILES string of the molecule is CCN(CC)C(CNC(=O)CCCNC(=O)C(C)(C)C)c1ccco1. The Morgan fingerprint density at radius 1 is 1.20 bits per heavy atom. The van der Waals surface area contributed by atoms with E-state index in [9.17, 15) is 9.59 Å². The minimum absolute atomic E-state index is 0.00581. The van der Waals surface area contributed by atoms with Gasteiger partial charge in [-0.1, -0.05) is 34.6 Å². The smallest absolute Gasteiger partial charge is 0.225 e. The number of carbonyl (C=O) groups excluding carboxylic acids is 2. The molecule has 1 aromatic rings. The Labute approximate surface area is 151 Å². The highest BCUT2D eigenvalue weighted by Crippen LogP contribution is 2.20. The molecule has 25 heavy (non-hydrogen) atoms. The molecule has 0 saturated heterocycles. The lowest BCUT2D eigenvalue weighted by Gasteiger charge is -2.28. The van der Waals surface area contributed by atoms with Crippen LogP contribution in [0, 0.1) is 5.41 Å². The Hall–Kier alpha value is -1.82. The molecule has 0 spiro atoms. The fraction of sp³-hybridized carbons (Fsp3) is 0.684. The van der Waals surface area contributed by atoms with Crippen molar-refractivity contribution in [3.05, 3.63) is 24.2 Å². The van der Waals surface area contributed by atoms with Crippen LogP contribution in [0.5, 0.6) is 0 Å². The van der Waals surface area contributed by atoms with Crippen molar-refractivity contribution >= 4 is 11.8 Å². The van der Waals surface area contributed by atoms with E-state index in [-0.39, 0.29) is 17.9 Å². The van der Waals surface area contributed by atoms with Crippen LogP contribution < -0.4 is 10.6 Å². The zero-order valence-corrected chi connectivity index (χ0v) is 16.2. The zero-order valence-electron chi connectivity index (χ0n) is 16.2. The lowest BCUT2D eigenvalue weighted by atomic mass is 9.96. The third-order valence-corrected chi connectivity index (χ3v) is 4.16. The van der Waals surface area contributed by atoms with Crippen molar-refractivity contribution in [1.29, 1.82) is 0 Å². The number of likely N-dealkylation sites (N-methyl/N-ethyl adjacent to an activating group) is 1. The molecule has 1 unspecified atom stereocenters. The second kappa shape index (κ2) is 10.2. The molecule has 1 heterocycles. The minimum atomic E-state index is -0.401. The van der Waals surface area contributed by atoms with Crippen LogP contribution in [0.1, 0.15) is 59.3 Å². The van der Waals surface area contributed by atoms with E-state index >= 15 is 0 Å². The molecule has 0 aliphatic carbocycles. The second-order valence-electron chi connectivity index (χ2n) is 7.17. The van der Waals surface area contributed by atoms with Crippen LogP contribution in [0.3, 0.4) is 0 Å². The number of nitrogens with one attached hydrogen (secondary N) is 2. The van der Waals surface area contributed by atoms with Crippen LogP contribution in [0.4, 0.5) is 0 Å². The number of furan rings is 1. The van der Waals surface area contributed by atoms with Crippen molar-refractivity contribution in [2.75, 3.05) is 26.2 Å². The molecule has 1 atom stereocenters. The summed E-state index contributed by atoms with van der Waals surface area (Å²) in [5.41, 5.74) is -0.401. The van der Waals surface area contributed by atoms with Crippen molar-refractivity contribution in [3.8, 4) is 0 Å². The van der Waals surface area contributed by atoms with Gasteiger partial charge in [0.25, 0.3) is 0 Å². The van der Waals surface area contributed by atoms with Gasteiger partial charge in [0.1, 0.15) is 5.76 Å². The van der Waals surface area contributed by atoms with Crippen LogP contribution in [0.15, 0.2) is 22.8 Å². The molecule has 0 bridgehead atoms. The van der Waals surface area contributed by atoms with Gasteiger partial charge in [-0.25, -0.2) is 0 Å². The molecule has 0 saturated carbocycles. The average molecular weight is 351 g/mol. The summed E-state index contributed by atoms with van der Waals surface area (Å²) < 4.78 is 5.53. The highest BCUT2D eigenvalue weighted by Gasteiger charge is 2.22. The van der Waals surface area contributed by atoms with Crippen molar-refractivity contribution in [1.82, 2.24) is 15.5 Å². The van der Waals surface area contributed by atoms with Gasteiger partial charge in [0, 0.05) is 24.9 Å². The molecule has 0 radical (unpaired) electrons. The molecular weight excluding hydrogens is 318 g/mol. The van der Waals surface area contributed by atoms with Crippen molar-refractivity contribution in [2.45, 2.75) is 53.5 Å². The van der Waals surface area contributed by atoms with Crippen molar-refractivity contribution in [3.63, 3.8) is 0 Å². The van der Waals surface area contributed by atoms with Gasteiger partial charge in [0.2, 0.25) is 11.8 Å². The van der Waals surface area contributed by atoms with E-state index in [1.807, 2.05) is 32.9 Å². The second-order valence-corrected chi connectivity index (χ2v) is 7.17. The zero-order chi connectivity index (χ0) is 18.9. The largest absolute Gasteiger partial charge is 0.468 e. The quantitative estimate of drug-likeness (QED) is 0.636. The standard InChI is InChI=1S/C19H33N3O3/c1-6-22(7-2)15(16-10-9-13-25-16)14-21-17(23)11-8-12-20-18(24)19(3,4)5/h9-10,13,15H,6-8,11-12,14H2,1-5H3,(H,20,24)(H,21,23). The van der Waals surface area contributed by atoms with Gasteiger partial charge in [-0.2, -0.15) is 0 Å². The molecule has 1 aromatic heterocycles. The number of amides is 2. The van der Waals surface area contributed by atoms with Gasteiger partial charge in [-0.15, -0.1) is 0 Å². The first-order valence-corrected chi connectivity index (χ1v) is 9.12. The van der Waals surface area contributed by atoms with Gasteiger partial charge < -0.3 is 15.1 Å². The van der Waals surface area contributed by atoms with Gasteiger partial charge in [0.15, 0.2) is 0 Å². The molecule has 2 N–H and O–H groups in total. The van der Waals surface area contributed by atoms with Gasteiger partial charge >= 0.3 is 0 Å². The van der Waals surface area contributed by atoms with Gasteiger partial charge in [0.05, 0.1) is 12.3 Å². The normalized spacial score (nSPS) is 12.9. The highest BCUT2D eigenvalue weighted by molar-refractivity contribution is 5.81. The predicted molar refractivity (Wildman–Crippen MR) is 99.1 cm³/mol. The van der Waals surface area contributed by atoms with Crippen LogP contribution in [-0.2, 0) is 9.59 Å². The van der Waals surface area contributed by atoms with E-state index in [0.717, 1.165) is 18.8 Å². The van der Waals surface area contributed by atoms with Gasteiger partial charge in [-0.05, 0) is 31.6 Å². The maximum atomic E-state index is 12.1. The van der Waals surface area contributed by atoms with E-state index in [1.54, 1.807) is 6.26 Å². The van der Waals surface area contributed by atoms with Gasteiger partial charge in [-0.3, -0.25) is 14.5 Å².